The number of esters is 1. The predicted octanol–water partition coefficient (Wildman–Crippen LogP) is 2.37. The Morgan fingerprint density at radius 3 is 2.56 bits per heavy atom. The molecule has 1 amide bonds. The fraction of sp³-hybridized carbons (Fsp3) is 0.188. The molecule has 1 aromatic carbocycles. The van der Waals surface area contributed by atoms with Crippen molar-refractivity contribution >= 4 is 38.1 Å². The van der Waals surface area contributed by atoms with Crippen molar-refractivity contribution in [2.24, 2.45) is 0 Å². The number of nitriles is 1. The molecule has 7 nitrogen and oxygen atoms in total. The summed E-state index contributed by atoms with van der Waals surface area (Å²) in [6.45, 7) is 1.58. The Kier molecular flexibility index (Phi) is 5.25. The third-order valence-electron chi connectivity index (χ3n) is 3.38. The van der Waals surface area contributed by atoms with Crippen LogP contribution in [0.4, 0.5) is 5.00 Å². The number of hydrogen-bond acceptors (Lipinski definition) is 7. The van der Waals surface area contributed by atoms with Gasteiger partial charge in [-0.2, -0.15) is 5.26 Å². The topological polar surface area (TPSA) is 113 Å². The van der Waals surface area contributed by atoms with Crippen LogP contribution in [0, 0.1) is 18.3 Å². The van der Waals surface area contributed by atoms with Gasteiger partial charge < -0.3 is 10.1 Å². The number of amides is 1. The smallest absolute Gasteiger partial charge is 0.348 e. The third kappa shape index (κ3) is 3.87. The van der Waals surface area contributed by atoms with Crippen LogP contribution in [0.2, 0.25) is 0 Å². The monoisotopic (exact) mass is 378 g/mol. The summed E-state index contributed by atoms with van der Waals surface area (Å²) >= 11 is 0.929. The molecule has 0 radical (unpaired) electrons. The molecule has 1 heterocycles. The Labute approximate surface area is 148 Å². The van der Waals surface area contributed by atoms with E-state index in [1.807, 2.05) is 6.07 Å². The van der Waals surface area contributed by atoms with Gasteiger partial charge in [0.15, 0.2) is 9.84 Å². The fourth-order valence-corrected chi connectivity index (χ4v) is 3.80. The maximum atomic E-state index is 12.4. The maximum absolute atomic E-state index is 12.4. The zero-order valence-corrected chi connectivity index (χ0v) is 15.2. The number of sulfone groups is 1. The van der Waals surface area contributed by atoms with E-state index in [9.17, 15) is 23.3 Å². The molecule has 0 unspecified atom stereocenters. The minimum atomic E-state index is -3.45. The molecule has 0 aliphatic heterocycles. The van der Waals surface area contributed by atoms with E-state index in [1.54, 1.807) is 6.92 Å². The van der Waals surface area contributed by atoms with Crippen molar-refractivity contribution in [3.8, 4) is 6.07 Å². The van der Waals surface area contributed by atoms with Gasteiger partial charge in [-0.15, -0.1) is 11.3 Å². The minimum Gasteiger partial charge on any atom is -0.465 e. The van der Waals surface area contributed by atoms with E-state index < -0.39 is 21.7 Å². The lowest BCUT2D eigenvalue weighted by atomic mass is 10.1. The Hall–Kier alpha value is -2.70. The van der Waals surface area contributed by atoms with E-state index in [1.165, 1.54) is 31.4 Å². The highest BCUT2D eigenvalue weighted by Gasteiger charge is 2.22. The lowest BCUT2D eigenvalue weighted by Gasteiger charge is -2.05. The summed E-state index contributed by atoms with van der Waals surface area (Å²) in [6, 6.07) is 7.49. The molecule has 0 bridgehead atoms. The van der Waals surface area contributed by atoms with Gasteiger partial charge in [0.05, 0.1) is 17.6 Å². The van der Waals surface area contributed by atoms with Crippen molar-refractivity contribution in [1.82, 2.24) is 0 Å². The average Bonchev–Trinajstić information content (AvgIpc) is 2.88. The molecule has 2 aromatic rings. The van der Waals surface area contributed by atoms with Crippen LogP contribution in [0.5, 0.6) is 0 Å². The number of rotatable bonds is 4. The fourth-order valence-electron chi connectivity index (χ4n) is 2.07. The van der Waals surface area contributed by atoms with Gasteiger partial charge in [-0.05, 0) is 30.7 Å². The van der Waals surface area contributed by atoms with Gasteiger partial charge in [-0.25, -0.2) is 13.2 Å². The number of benzene rings is 1. The Balaban J connectivity index is 2.39. The van der Waals surface area contributed by atoms with Crippen molar-refractivity contribution in [2.45, 2.75) is 11.8 Å². The highest BCUT2D eigenvalue weighted by molar-refractivity contribution is 7.90. The molecule has 25 heavy (non-hydrogen) atoms. The second kappa shape index (κ2) is 7.04. The summed E-state index contributed by atoms with van der Waals surface area (Å²) in [5.74, 6) is -1.18. The average molecular weight is 378 g/mol. The highest BCUT2D eigenvalue weighted by atomic mass is 32.2. The molecule has 0 aliphatic rings. The molecule has 0 aliphatic carbocycles. The molecule has 0 spiro atoms. The van der Waals surface area contributed by atoms with Gasteiger partial charge in [-0.3, -0.25) is 4.79 Å². The van der Waals surface area contributed by atoms with E-state index in [0.29, 0.717) is 5.56 Å². The van der Waals surface area contributed by atoms with Crippen LogP contribution >= 0.6 is 11.3 Å². The molecule has 1 aromatic heterocycles. The number of thiophene rings is 1. The summed E-state index contributed by atoms with van der Waals surface area (Å²) in [7, 11) is -2.23. The van der Waals surface area contributed by atoms with Gasteiger partial charge in [0.1, 0.15) is 15.9 Å². The molecule has 0 fully saturated rings. The van der Waals surface area contributed by atoms with Crippen LogP contribution in [0.25, 0.3) is 0 Å². The SMILES string of the molecule is COC(=O)c1sc(NC(=O)c2cccc(S(C)(=O)=O)c2)c(C#N)c1C. The Morgan fingerprint density at radius 2 is 2.00 bits per heavy atom. The summed E-state index contributed by atoms with van der Waals surface area (Å²) in [5.41, 5.74) is 0.704. The number of ether oxygens (including phenoxy) is 1. The normalized spacial score (nSPS) is 10.8. The molecular weight excluding hydrogens is 364 g/mol. The molecule has 2 rings (SSSR count). The molecule has 0 saturated heterocycles. The molecule has 0 saturated carbocycles. The van der Waals surface area contributed by atoms with Crippen molar-refractivity contribution in [2.75, 3.05) is 18.7 Å². The van der Waals surface area contributed by atoms with Crippen LogP contribution in [-0.4, -0.2) is 33.7 Å². The van der Waals surface area contributed by atoms with Gasteiger partial charge in [0, 0.05) is 11.8 Å². The first-order valence-corrected chi connectivity index (χ1v) is 9.63. The zero-order chi connectivity index (χ0) is 18.8. The standard InChI is InChI=1S/C16H14N2O5S2/c1-9-12(8-17)15(24-13(9)16(20)23-2)18-14(19)10-5-4-6-11(7-10)25(3,21)22/h4-7H,1-3H3,(H,18,19). The van der Waals surface area contributed by atoms with Gasteiger partial charge in [0.2, 0.25) is 0 Å². The van der Waals surface area contributed by atoms with Gasteiger partial charge in [0.25, 0.3) is 5.91 Å². The molecule has 130 valence electrons. The highest BCUT2D eigenvalue weighted by Crippen LogP contribution is 2.33. The van der Waals surface area contributed by atoms with E-state index in [0.717, 1.165) is 17.6 Å². The van der Waals surface area contributed by atoms with Crippen LogP contribution in [0.1, 0.15) is 31.2 Å². The number of carbonyl (C=O) groups is 2. The second-order valence-electron chi connectivity index (χ2n) is 5.12. The van der Waals surface area contributed by atoms with E-state index in [-0.39, 0.29) is 25.9 Å². The summed E-state index contributed by atoms with van der Waals surface area (Å²) in [4.78, 5) is 24.4. The molecular formula is C16H14N2O5S2. The van der Waals surface area contributed by atoms with E-state index in [4.69, 9.17) is 0 Å². The third-order valence-corrected chi connectivity index (χ3v) is 5.68. The van der Waals surface area contributed by atoms with Crippen LogP contribution in [0.3, 0.4) is 0 Å². The van der Waals surface area contributed by atoms with Crippen molar-refractivity contribution in [3.63, 3.8) is 0 Å². The number of anilines is 1. The number of carbonyl (C=O) groups excluding carboxylic acids is 2. The van der Waals surface area contributed by atoms with Gasteiger partial charge >= 0.3 is 5.97 Å². The van der Waals surface area contributed by atoms with Gasteiger partial charge in [-0.1, -0.05) is 6.07 Å². The predicted molar refractivity (Wildman–Crippen MR) is 92.6 cm³/mol. The first kappa shape index (κ1) is 18.6. The lowest BCUT2D eigenvalue weighted by Crippen LogP contribution is -2.12. The van der Waals surface area contributed by atoms with Crippen molar-refractivity contribution in [3.05, 3.63) is 45.8 Å². The minimum absolute atomic E-state index is 0.0123. The molecule has 0 atom stereocenters. The quantitative estimate of drug-likeness (QED) is 0.817. The van der Waals surface area contributed by atoms with Crippen molar-refractivity contribution < 1.29 is 22.7 Å². The number of nitrogens with one attached hydrogen (secondary N) is 1. The second-order valence-corrected chi connectivity index (χ2v) is 8.15. The summed E-state index contributed by atoms with van der Waals surface area (Å²) in [6.07, 6.45) is 1.04. The summed E-state index contributed by atoms with van der Waals surface area (Å²) in [5, 5.41) is 12.0. The molecule has 9 heteroatoms. The van der Waals surface area contributed by atoms with Crippen molar-refractivity contribution in [1.29, 1.82) is 5.26 Å². The first-order chi connectivity index (χ1) is 11.7. The number of hydrogen-bond donors (Lipinski definition) is 1. The van der Waals surface area contributed by atoms with E-state index in [2.05, 4.69) is 10.1 Å². The van der Waals surface area contributed by atoms with E-state index >= 15 is 0 Å². The number of nitrogens with zero attached hydrogens (tertiary/aromatic N) is 1. The molecule has 1 N–H and O–H groups in total. The summed E-state index contributed by atoms with van der Waals surface area (Å²) < 4.78 is 27.9. The largest absolute Gasteiger partial charge is 0.465 e. The zero-order valence-electron chi connectivity index (χ0n) is 13.6. The lowest BCUT2D eigenvalue weighted by molar-refractivity contribution is 0.0605. The maximum Gasteiger partial charge on any atom is 0.348 e. The number of methoxy groups -OCH3 is 1. The Bertz CT molecular complexity index is 1000. The van der Waals surface area contributed by atoms with Crippen LogP contribution in [-0.2, 0) is 14.6 Å². The first-order valence-electron chi connectivity index (χ1n) is 6.92. The van der Waals surface area contributed by atoms with Crippen LogP contribution < -0.4 is 5.32 Å². The Morgan fingerprint density at radius 1 is 1.32 bits per heavy atom. The van der Waals surface area contributed by atoms with Crippen LogP contribution in [0.15, 0.2) is 29.2 Å².